The van der Waals surface area contributed by atoms with Crippen molar-refractivity contribution in [2.45, 2.75) is 6.92 Å². The SMILES string of the molecule is Cc1ccc2nn[nH]c2c1F. The Morgan fingerprint density at radius 3 is 3.09 bits per heavy atom. The first-order valence-corrected chi connectivity index (χ1v) is 3.25. The van der Waals surface area contributed by atoms with Crippen LogP contribution >= 0.6 is 0 Å². The lowest BCUT2D eigenvalue weighted by atomic mass is 10.2. The van der Waals surface area contributed by atoms with Crippen LogP contribution in [0.2, 0.25) is 0 Å². The first-order valence-electron chi connectivity index (χ1n) is 3.25. The van der Waals surface area contributed by atoms with Crippen LogP contribution in [0.3, 0.4) is 0 Å². The third-order valence-corrected chi connectivity index (χ3v) is 1.63. The van der Waals surface area contributed by atoms with E-state index in [1.54, 1.807) is 19.1 Å². The number of aromatic nitrogens is 3. The van der Waals surface area contributed by atoms with Gasteiger partial charge in [-0.1, -0.05) is 11.3 Å². The molecule has 56 valence electrons. The molecule has 0 amide bonds. The molecule has 0 radical (unpaired) electrons. The number of aryl methyl sites for hydroxylation is 1. The van der Waals surface area contributed by atoms with Crippen LogP contribution in [-0.4, -0.2) is 15.4 Å². The molecular weight excluding hydrogens is 145 g/mol. The summed E-state index contributed by atoms with van der Waals surface area (Å²) in [7, 11) is 0. The van der Waals surface area contributed by atoms with Crippen molar-refractivity contribution in [1.82, 2.24) is 15.4 Å². The van der Waals surface area contributed by atoms with E-state index < -0.39 is 0 Å². The third-order valence-electron chi connectivity index (χ3n) is 1.63. The van der Waals surface area contributed by atoms with Crippen molar-refractivity contribution in [3.05, 3.63) is 23.5 Å². The monoisotopic (exact) mass is 151 g/mol. The zero-order chi connectivity index (χ0) is 7.84. The molecule has 3 nitrogen and oxygen atoms in total. The minimum atomic E-state index is -0.271. The van der Waals surface area contributed by atoms with Crippen molar-refractivity contribution >= 4 is 11.0 Å². The van der Waals surface area contributed by atoms with Crippen molar-refractivity contribution in [1.29, 1.82) is 0 Å². The Balaban J connectivity index is 2.93. The molecule has 0 spiro atoms. The van der Waals surface area contributed by atoms with Gasteiger partial charge in [-0.3, -0.25) is 5.10 Å². The van der Waals surface area contributed by atoms with Crippen LogP contribution in [0, 0.1) is 12.7 Å². The van der Waals surface area contributed by atoms with E-state index in [2.05, 4.69) is 15.4 Å². The highest BCUT2D eigenvalue weighted by Crippen LogP contribution is 2.15. The van der Waals surface area contributed by atoms with Crippen LogP contribution in [0.4, 0.5) is 4.39 Å². The molecular formula is C7H6FN3. The van der Waals surface area contributed by atoms with Gasteiger partial charge >= 0.3 is 0 Å². The molecule has 0 saturated heterocycles. The molecule has 0 atom stereocenters. The fourth-order valence-electron chi connectivity index (χ4n) is 0.989. The Bertz CT molecular complexity index is 393. The second kappa shape index (κ2) is 2.02. The summed E-state index contributed by atoms with van der Waals surface area (Å²) in [5.74, 6) is -0.271. The molecule has 1 N–H and O–H groups in total. The van der Waals surface area contributed by atoms with E-state index in [1.165, 1.54) is 0 Å². The molecule has 0 aliphatic rings. The van der Waals surface area contributed by atoms with Gasteiger partial charge in [0.15, 0.2) is 5.82 Å². The summed E-state index contributed by atoms with van der Waals surface area (Å²) in [4.78, 5) is 0. The Labute approximate surface area is 62.2 Å². The third kappa shape index (κ3) is 0.790. The highest BCUT2D eigenvalue weighted by molar-refractivity contribution is 5.74. The van der Waals surface area contributed by atoms with Crippen LogP contribution in [-0.2, 0) is 0 Å². The van der Waals surface area contributed by atoms with E-state index in [0.29, 0.717) is 16.6 Å². The summed E-state index contributed by atoms with van der Waals surface area (Å²) in [6.45, 7) is 1.70. The largest absolute Gasteiger partial charge is 0.255 e. The Kier molecular flexibility index (Phi) is 1.15. The number of hydrogen-bond acceptors (Lipinski definition) is 2. The Morgan fingerprint density at radius 2 is 2.27 bits per heavy atom. The molecule has 1 aromatic heterocycles. The Hall–Kier alpha value is -1.45. The lowest BCUT2D eigenvalue weighted by molar-refractivity contribution is 0.627. The predicted molar refractivity (Wildman–Crippen MR) is 38.6 cm³/mol. The summed E-state index contributed by atoms with van der Waals surface area (Å²) in [5, 5.41) is 9.66. The number of rotatable bonds is 0. The average Bonchev–Trinajstić information content (AvgIpc) is 2.45. The second-order valence-corrected chi connectivity index (χ2v) is 2.40. The molecule has 0 unspecified atom stereocenters. The smallest absolute Gasteiger partial charge is 0.153 e. The minimum absolute atomic E-state index is 0.271. The zero-order valence-electron chi connectivity index (χ0n) is 5.93. The van der Waals surface area contributed by atoms with Crippen molar-refractivity contribution in [3.8, 4) is 0 Å². The van der Waals surface area contributed by atoms with Gasteiger partial charge in [-0.15, -0.1) is 5.10 Å². The quantitative estimate of drug-likeness (QED) is 0.618. The minimum Gasteiger partial charge on any atom is -0.255 e. The van der Waals surface area contributed by atoms with Crippen molar-refractivity contribution < 1.29 is 4.39 Å². The van der Waals surface area contributed by atoms with Gasteiger partial charge in [0.1, 0.15) is 11.0 Å². The summed E-state index contributed by atoms with van der Waals surface area (Å²) >= 11 is 0. The van der Waals surface area contributed by atoms with E-state index in [-0.39, 0.29) is 5.82 Å². The molecule has 1 aromatic carbocycles. The van der Waals surface area contributed by atoms with Crippen LogP contribution < -0.4 is 0 Å². The van der Waals surface area contributed by atoms with Gasteiger partial charge in [-0.2, -0.15) is 0 Å². The summed E-state index contributed by atoms with van der Waals surface area (Å²) < 4.78 is 13.1. The number of hydrogen-bond donors (Lipinski definition) is 1. The van der Waals surface area contributed by atoms with E-state index in [4.69, 9.17) is 0 Å². The number of H-pyrrole nitrogens is 1. The first-order chi connectivity index (χ1) is 5.29. The molecule has 11 heavy (non-hydrogen) atoms. The molecule has 1 heterocycles. The van der Waals surface area contributed by atoms with E-state index in [9.17, 15) is 4.39 Å². The van der Waals surface area contributed by atoms with Crippen LogP contribution in [0.25, 0.3) is 11.0 Å². The van der Waals surface area contributed by atoms with Gasteiger partial charge in [0, 0.05) is 0 Å². The van der Waals surface area contributed by atoms with Gasteiger partial charge < -0.3 is 0 Å². The normalized spacial score (nSPS) is 10.7. The van der Waals surface area contributed by atoms with Gasteiger partial charge in [0.2, 0.25) is 0 Å². The second-order valence-electron chi connectivity index (χ2n) is 2.40. The van der Waals surface area contributed by atoms with Crippen molar-refractivity contribution in [3.63, 3.8) is 0 Å². The topological polar surface area (TPSA) is 41.6 Å². The van der Waals surface area contributed by atoms with E-state index >= 15 is 0 Å². The molecule has 4 heteroatoms. The van der Waals surface area contributed by atoms with Crippen LogP contribution in [0.15, 0.2) is 12.1 Å². The lowest BCUT2D eigenvalue weighted by Gasteiger charge is -1.93. The lowest BCUT2D eigenvalue weighted by Crippen LogP contribution is -1.83. The summed E-state index contributed by atoms with van der Waals surface area (Å²) in [6.07, 6.45) is 0. The molecule has 0 fully saturated rings. The summed E-state index contributed by atoms with van der Waals surface area (Å²) in [5.41, 5.74) is 1.54. The average molecular weight is 151 g/mol. The standard InChI is InChI=1S/C7H6FN3/c1-4-2-3-5-7(6(4)8)10-11-9-5/h2-3H,1H3,(H,9,10,11). The van der Waals surface area contributed by atoms with Crippen LogP contribution in [0.5, 0.6) is 0 Å². The maximum Gasteiger partial charge on any atom is 0.153 e. The maximum atomic E-state index is 13.1. The number of benzene rings is 1. The van der Waals surface area contributed by atoms with E-state index in [0.717, 1.165) is 0 Å². The van der Waals surface area contributed by atoms with Gasteiger partial charge in [-0.25, -0.2) is 4.39 Å². The highest BCUT2D eigenvalue weighted by atomic mass is 19.1. The first kappa shape index (κ1) is 6.27. The Morgan fingerprint density at radius 1 is 1.45 bits per heavy atom. The zero-order valence-corrected chi connectivity index (χ0v) is 5.93. The molecule has 0 saturated carbocycles. The maximum absolute atomic E-state index is 13.1. The van der Waals surface area contributed by atoms with Gasteiger partial charge in [-0.05, 0) is 18.6 Å². The number of halogens is 1. The molecule has 0 aliphatic heterocycles. The van der Waals surface area contributed by atoms with E-state index in [1.807, 2.05) is 0 Å². The number of fused-ring (bicyclic) bond motifs is 1. The molecule has 2 aromatic rings. The molecule has 2 rings (SSSR count). The van der Waals surface area contributed by atoms with Crippen molar-refractivity contribution in [2.75, 3.05) is 0 Å². The summed E-state index contributed by atoms with van der Waals surface area (Å²) in [6, 6.07) is 3.41. The predicted octanol–water partition coefficient (Wildman–Crippen LogP) is 1.41. The fourth-order valence-corrected chi connectivity index (χ4v) is 0.989. The van der Waals surface area contributed by atoms with Crippen molar-refractivity contribution in [2.24, 2.45) is 0 Å². The molecule has 0 bridgehead atoms. The fraction of sp³-hybridized carbons (Fsp3) is 0.143. The van der Waals surface area contributed by atoms with Gasteiger partial charge in [0.05, 0.1) is 0 Å². The number of nitrogens with zero attached hydrogens (tertiary/aromatic N) is 2. The van der Waals surface area contributed by atoms with Crippen LogP contribution in [0.1, 0.15) is 5.56 Å². The number of aromatic amines is 1. The molecule has 0 aliphatic carbocycles. The van der Waals surface area contributed by atoms with Gasteiger partial charge in [0.25, 0.3) is 0 Å². The number of nitrogens with one attached hydrogen (secondary N) is 1. The highest BCUT2D eigenvalue weighted by Gasteiger charge is 2.05.